The first-order valence-corrected chi connectivity index (χ1v) is 5.18. The summed E-state index contributed by atoms with van der Waals surface area (Å²) in [5, 5.41) is 5.39. The lowest BCUT2D eigenvalue weighted by Crippen LogP contribution is -2.32. The highest BCUT2D eigenvalue weighted by atomic mass is 19.1. The second-order valence-electron chi connectivity index (χ2n) is 3.40. The van der Waals surface area contributed by atoms with Crippen molar-refractivity contribution in [2.24, 2.45) is 0 Å². The number of ether oxygens (including phenoxy) is 1. The van der Waals surface area contributed by atoms with Gasteiger partial charge in [0.15, 0.2) is 0 Å². The average Bonchev–Trinajstić information content (AvgIpc) is 2.31. The van der Waals surface area contributed by atoms with Crippen LogP contribution < -0.4 is 16.4 Å². The van der Waals surface area contributed by atoms with E-state index in [1.54, 1.807) is 13.2 Å². The normalized spacial score (nSPS) is 10.0. The lowest BCUT2D eigenvalue weighted by Gasteiger charge is -2.09. The summed E-state index contributed by atoms with van der Waals surface area (Å²) in [6.45, 7) is 0.931. The number of benzene rings is 1. The largest absolute Gasteiger partial charge is 0.395 e. The van der Waals surface area contributed by atoms with Gasteiger partial charge >= 0.3 is 0 Å². The first-order valence-electron chi connectivity index (χ1n) is 5.18. The van der Waals surface area contributed by atoms with E-state index >= 15 is 0 Å². The van der Waals surface area contributed by atoms with Gasteiger partial charge in [-0.1, -0.05) is 6.07 Å². The Morgan fingerprint density at radius 1 is 1.53 bits per heavy atom. The zero-order valence-electron chi connectivity index (χ0n) is 9.63. The van der Waals surface area contributed by atoms with Crippen LogP contribution >= 0.6 is 0 Å². The number of rotatable bonds is 6. The number of methoxy groups -OCH3 is 1. The van der Waals surface area contributed by atoms with Gasteiger partial charge in [0.1, 0.15) is 5.82 Å². The fraction of sp³-hybridized carbons (Fsp3) is 0.364. The van der Waals surface area contributed by atoms with Gasteiger partial charge in [-0.2, -0.15) is 0 Å². The smallest absolute Gasteiger partial charge is 0.239 e. The summed E-state index contributed by atoms with van der Waals surface area (Å²) >= 11 is 0. The van der Waals surface area contributed by atoms with E-state index in [1.807, 2.05) is 0 Å². The van der Waals surface area contributed by atoms with E-state index in [-0.39, 0.29) is 18.1 Å². The average molecular weight is 241 g/mol. The number of para-hydroxylation sites is 1. The molecule has 0 spiro atoms. The molecule has 0 saturated carbocycles. The third kappa shape index (κ3) is 4.28. The van der Waals surface area contributed by atoms with Crippen molar-refractivity contribution in [3.05, 3.63) is 24.0 Å². The fourth-order valence-corrected chi connectivity index (χ4v) is 1.22. The van der Waals surface area contributed by atoms with E-state index in [0.29, 0.717) is 18.8 Å². The number of nitrogen functional groups attached to an aromatic ring is 1. The number of nitrogens with two attached hydrogens (primary N) is 1. The van der Waals surface area contributed by atoms with Gasteiger partial charge in [-0.15, -0.1) is 0 Å². The molecule has 0 bridgehead atoms. The van der Waals surface area contributed by atoms with Gasteiger partial charge in [-0.05, 0) is 12.1 Å². The van der Waals surface area contributed by atoms with Crippen molar-refractivity contribution in [1.29, 1.82) is 0 Å². The Hall–Kier alpha value is -1.82. The summed E-state index contributed by atoms with van der Waals surface area (Å²) in [6, 6.07) is 4.40. The number of hydrogen-bond donors (Lipinski definition) is 3. The van der Waals surface area contributed by atoms with Crippen LogP contribution in [0.4, 0.5) is 15.8 Å². The monoisotopic (exact) mass is 241 g/mol. The molecule has 0 heterocycles. The number of hydrogen-bond acceptors (Lipinski definition) is 4. The lowest BCUT2D eigenvalue weighted by atomic mass is 10.2. The standard InChI is InChI=1S/C11H16FN3O2/c1-17-6-5-14-10(16)7-15-9-4-2-3-8(12)11(9)13/h2-4,15H,5-7,13H2,1H3,(H,14,16). The second kappa shape index (κ2) is 6.70. The molecular formula is C11H16FN3O2. The van der Waals surface area contributed by atoms with Crippen LogP contribution in [0.1, 0.15) is 0 Å². The van der Waals surface area contributed by atoms with Gasteiger partial charge in [0.2, 0.25) is 5.91 Å². The van der Waals surface area contributed by atoms with Gasteiger partial charge < -0.3 is 21.1 Å². The Balaban J connectivity index is 2.39. The summed E-state index contributed by atoms with van der Waals surface area (Å²) in [6.07, 6.45) is 0. The Labute approximate surface area is 99.1 Å². The number of carbonyl (C=O) groups is 1. The number of nitrogens with one attached hydrogen (secondary N) is 2. The molecular weight excluding hydrogens is 225 g/mol. The molecule has 0 atom stereocenters. The third-order valence-electron chi connectivity index (χ3n) is 2.12. The minimum absolute atomic E-state index is 0.0113. The van der Waals surface area contributed by atoms with Gasteiger partial charge in [0.05, 0.1) is 24.5 Å². The first kappa shape index (κ1) is 13.2. The number of carbonyl (C=O) groups excluding carboxylic acids is 1. The maximum Gasteiger partial charge on any atom is 0.239 e. The van der Waals surface area contributed by atoms with Crippen molar-refractivity contribution >= 4 is 17.3 Å². The van der Waals surface area contributed by atoms with E-state index in [2.05, 4.69) is 10.6 Å². The molecule has 0 aliphatic heterocycles. The van der Waals surface area contributed by atoms with E-state index in [9.17, 15) is 9.18 Å². The number of anilines is 2. The zero-order valence-corrected chi connectivity index (χ0v) is 9.63. The maximum atomic E-state index is 13.1. The van der Waals surface area contributed by atoms with Crippen LogP contribution in [0.25, 0.3) is 0 Å². The van der Waals surface area contributed by atoms with E-state index in [0.717, 1.165) is 0 Å². The molecule has 1 aromatic carbocycles. The SMILES string of the molecule is COCCNC(=O)CNc1cccc(F)c1N. The fourth-order valence-electron chi connectivity index (χ4n) is 1.22. The molecule has 0 aromatic heterocycles. The van der Waals surface area contributed by atoms with Gasteiger partial charge in [0, 0.05) is 13.7 Å². The number of amides is 1. The van der Waals surface area contributed by atoms with Crippen LogP contribution in [-0.2, 0) is 9.53 Å². The molecule has 6 heteroatoms. The highest BCUT2D eigenvalue weighted by Gasteiger charge is 2.05. The predicted octanol–water partition coefficient (Wildman–Crippen LogP) is 0.582. The molecule has 1 aromatic rings. The molecule has 0 saturated heterocycles. The highest BCUT2D eigenvalue weighted by Crippen LogP contribution is 2.20. The summed E-state index contributed by atoms with van der Waals surface area (Å²) in [5.74, 6) is -0.708. The Kier molecular flexibility index (Phi) is 5.22. The topological polar surface area (TPSA) is 76.4 Å². The van der Waals surface area contributed by atoms with Crippen molar-refractivity contribution < 1.29 is 13.9 Å². The molecule has 0 radical (unpaired) electrons. The van der Waals surface area contributed by atoms with Crippen LogP contribution in [0.3, 0.4) is 0 Å². The summed E-state index contributed by atoms with van der Waals surface area (Å²) in [7, 11) is 1.55. The summed E-state index contributed by atoms with van der Waals surface area (Å²) in [5.41, 5.74) is 5.92. The van der Waals surface area contributed by atoms with Crippen molar-refractivity contribution in [2.45, 2.75) is 0 Å². The molecule has 4 N–H and O–H groups in total. The van der Waals surface area contributed by atoms with Crippen molar-refractivity contribution in [1.82, 2.24) is 5.32 Å². The number of halogens is 1. The van der Waals surface area contributed by atoms with E-state index in [1.165, 1.54) is 12.1 Å². The van der Waals surface area contributed by atoms with Gasteiger partial charge in [0.25, 0.3) is 0 Å². The minimum Gasteiger partial charge on any atom is -0.395 e. The van der Waals surface area contributed by atoms with Crippen LogP contribution in [0.15, 0.2) is 18.2 Å². The van der Waals surface area contributed by atoms with Gasteiger partial charge in [-0.3, -0.25) is 4.79 Å². The molecule has 0 aliphatic carbocycles. The molecule has 5 nitrogen and oxygen atoms in total. The first-order chi connectivity index (χ1) is 8.15. The molecule has 1 rings (SSSR count). The minimum atomic E-state index is -0.505. The lowest BCUT2D eigenvalue weighted by molar-refractivity contribution is -0.119. The second-order valence-corrected chi connectivity index (χ2v) is 3.40. The van der Waals surface area contributed by atoms with Crippen molar-refractivity contribution in [3.8, 4) is 0 Å². The van der Waals surface area contributed by atoms with Crippen molar-refractivity contribution in [3.63, 3.8) is 0 Å². The Morgan fingerprint density at radius 3 is 3.00 bits per heavy atom. The Morgan fingerprint density at radius 2 is 2.29 bits per heavy atom. The van der Waals surface area contributed by atoms with E-state index in [4.69, 9.17) is 10.5 Å². The van der Waals surface area contributed by atoms with Crippen LogP contribution in [0.2, 0.25) is 0 Å². The Bertz CT molecular complexity index is 385. The van der Waals surface area contributed by atoms with Crippen LogP contribution in [-0.4, -0.2) is 32.7 Å². The molecule has 94 valence electrons. The zero-order chi connectivity index (χ0) is 12.7. The summed E-state index contributed by atoms with van der Waals surface area (Å²) in [4.78, 5) is 11.3. The highest BCUT2D eigenvalue weighted by molar-refractivity contribution is 5.82. The quantitative estimate of drug-likeness (QED) is 0.503. The molecule has 0 aliphatic rings. The summed E-state index contributed by atoms with van der Waals surface area (Å²) < 4.78 is 17.9. The van der Waals surface area contributed by atoms with E-state index < -0.39 is 5.82 Å². The predicted molar refractivity (Wildman–Crippen MR) is 64.2 cm³/mol. The van der Waals surface area contributed by atoms with Crippen molar-refractivity contribution in [2.75, 3.05) is 37.9 Å². The molecule has 0 fully saturated rings. The van der Waals surface area contributed by atoms with Gasteiger partial charge in [-0.25, -0.2) is 4.39 Å². The van der Waals surface area contributed by atoms with Crippen LogP contribution in [0.5, 0.6) is 0 Å². The molecule has 1 amide bonds. The molecule has 17 heavy (non-hydrogen) atoms. The van der Waals surface area contributed by atoms with Crippen LogP contribution in [0, 0.1) is 5.82 Å². The third-order valence-corrected chi connectivity index (χ3v) is 2.12. The maximum absolute atomic E-state index is 13.1. The molecule has 0 unspecified atom stereocenters.